The third kappa shape index (κ3) is 2.77. The second-order valence-electron chi connectivity index (χ2n) is 3.59. The molecule has 1 aromatic carbocycles. The highest BCUT2D eigenvalue weighted by Crippen LogP contribution is 2.31. The third-order valence-electron chi connectivity index (χ3n) is 2.36. The highest BCUT2D eigenvalue weighted by atomic mass is 35.5. The van der Waals surface area contributed by atoms with Crippen LogP contribution < -0.4 is 5.73 Å². The molecule has 1 heterocycles. The van der Waals surface area contributed by atoms with Gasteiger partial charge in [-0.1, -0.05) is 47.5 Å². The van der Waals surface area contributed by atoms with Crippen molar-refractivity contribution in [2.24, 2.45) is 5.73 Å². The van der Waals surface area contributed by atoms with Gasteiger partial charge >= 0.3 is 0 Å². The molecule has 1 unspecified atom stereocenters. The van der Waals surface area contributed by atoms with Crippen molar-refractivity contribution >= 4 is 34.5 Å². The van der Waals surface area contributed by atoms with Crippen LogP contribution >= 0.6 is 34.5 Å². The van der Waals surface area contributed by atoms with E-state index in [2.05, 4.69) is 10.2 Å². The molecule has 0 saturated heterocycles. The first-order valence-electron chi connectivity index (χ1n) is 5.16. The van der Waals surface area contributed by atoms with Crippen molar-refractivity contribution in [2.45, 2.75) is 19.4 Å². The van der Waals surface area contributed by atoms with Gasteiger partial charge in [-0.3, -0.25) is 0 Å². The Hall–Kier alpha value is -0.680. The molecule has 0 aliphatic carbocycles. The van der Waals surface area contributed by atoms with Gasteiger partial charge in [0.25, 0.3) is 0 Å². The average Bonchev–Trinajstić information content (AvgIpc) is 2.81. The standard InChI is InChI=1S/C11H11Cl2N3S/c1-2-9(14)11-16-15-10(17-11)6-3-4-7(12)8(13)5-6/h3-5,9H,2,14H2,1H3. The fourth-order valence-corrected chi connectivity index (χ4v) is 2.53. The Bertz CT molecular complexity index is 527. The molecule has 0 fully saturated rings. The van der Waals surface area contributed by atoms with Gasteiger partial charge in [0, 0.05) is 5.56 Å². The summed E-state index contributed by atoms with van der Waals surface area (Å²) in [4.78, 5) is 0. The molecule has 0 amide bonds. The number of halogens is 2. The lowest BCUT2D eigenvalue weighted by molar-refractivity contribution is 0.683. The number of benzene rings is 1. The molecule has 6 heteroatoms. The average molecular weight is 288 g/mol. The molecule has 90 valence electrons. The number of nitrogens with two attached hydrogens (primary N) is 1. The van der Waals surface area contributed by atoms with E-state index >= 15 is 0 Å². The van der Waals surface area contributed by atoms with Crippen molar-refractivity contribution in [2.75, 3.05) is 0 Å². The number of aromatic nitrogens is 2. The van der Waals surface area contributed by atoms with Gasteiger partial charge in [0.05, 0.1) is 16.1 Å². The Morgan fingerprint density at radius 2 is 2.06 bits per heavy atom. The van der Waals surface area contributed by atoms with Gasteiger partial charge in [-0.25, -0.2) is 0 Å². The van der Waals surface area contributed by atoms with Gasteiger partial charge in [-0.15, -0.1) is 10.2 Å². The van der Waals surface area contributed by atoms with E-state index < -0.39 is 0 Å². The quantitative estimate of drug-likeness (QED) is 0.931. The van der Waals surface area contributed by atoms with Crippen molar-refractivity contribution in [3.8, 4) is 10.6 Å². The summed E-state index contributed by atoms with van der Waals surface area (Å²) < 4.78 is 0. The maximum Gasteiger partial charge on any atom is 0.147 e. The molecular weight excluding hydrogens is 277 g/mol. The minimum Gasteiger partial charge on any atom is -0.322 e. The summed E-state index contributed by atoms with van der Waals surface area (Å²) in [5.41, 5.74) is 6.81. The van der Waals surface area contributed by atoms with Crippen LogP contribution in [0, 0.1) is 0 Å². The van der Waals surface area contributed by atoms with Gasteiger partial charge in [0.2, 0.25) is 0 Å². The van der Waals surface area contributed by atoms with Crippen LogP contribution in [0.5, 0.6) is 0 Å². The first-order chi connectivity index (χ1) is 8.11. The fourth-order valence-electron chi connectivity index (χ4n) is 1.30. The van der Waals surface area contributed by atoms with E-state index in [0.29, 0.717) is 10.0 Å². The summed E-state index contributed by atoms with van der Waals surface area (Å²) in [7, 11) is 0. The fraction of sp³-hybridized carbons (Fsp3) is 0.273. The zero-order valence-electron chi connectivity index (χ0n) is 9.15. The molecule has 17 heavy (non-hydrogen) atoms. The van der Waals surface area contributed by atoms with Crippen LogP contribution in [0.15, 0.2) is 18.2 Å². The van der Waals surface area contributed by atoms with Crippen LogP contribution in [0.25, 0.3) is 10.6 Å². The second-order valence-corrected chi connectivity index (χ2v) is 5.41. The molecule has 1 atom stereocenters. The predicted octanol–water partition coefficient (Wildman–Crippen LogP) is 3.92. The molecular formula is C11H11Cl2N3S. The maximum absolute atomic E-state index is 5.96. The van der Waals surface area contributed by atoms with E-state index in [-0.39, 0.29) is 6.04 Å². The maximum atomic E-state index is 5.96. The molecule has 2 aromatic rings. The predicted molar refractivity (Wildman–Crippen MR) is 72.6 cm³/mol. The largest absolute Gasteiger partial charge is 0.322 e. The molecule has 3 nitrogen and oxygen atoms in total. The summed E-state index contributed by atoms with van der Waals surface area (Å²) in [6.07, 6.45) is 0.843. The van der Waals surface area contributed by atoms with E-state index in [1.165, 1.54) is 11.3 Å². The molecule has 0 aliphatic heterocycles. The van der Waals surface area contributed by atoms with Gasteiger partial charge in [0.15, 0.2) is 0 Å². The molecule has 0 aliphatic rings. The summed E-state index contributed by atoms with van der Waals surface area (Å²) in [6, 6.07) is 5.35. The number of hydrogen-bond acceptors (Lipinski definition) is 4. The van der Waals surface area contributed by atoms with E-state index in [1.807, 2.05) is 13.0 Å². The molecule has 0 spiro atoms. The molecule has 1 aromatic heterocycles. The summed E-state index contributed by atoms with van der Waals surface area (Å²) >= 11 is 13.3. The number of nitrogens with zero attached hydrogens (tertiary/aromatic N) is 2. The Balaban J connectivity index is 2.33. The van der Waals surface area contributed by atoms with Crippen molar-refractivity contribution in [3.05, 3.63) is 33.3 Å². The van der Waals surface area contributed by atoms with E-state index in [4.69, 9.17) is 28.9 Å². The van der Waals surface area contributed by atoms with Gasteiger partial charge in [0.1, 0.15) is 10.0 Å². The second kappa shape index (κ2) is 5.31. The lowest BCUT2D eigenvalue weighted by atomic mass is 10.2. The molecule has 0 bridgehead atoms. The summed E-state index contributed by atoms with van der Waals surface area (Å²) in [5.74, 6) is 0. The highest BCUT2D eigenvalue weighted by Gasteiger charge is 2.12. The zero-order valence-corrected chi connectivity index (χ0v) is 11.5. The Labute approximate surface area is 114 Å². The molecule has 0 saturated carbocycles. The minimum absolute atomic E-state index is 0.0518. The monoisotopic (exact) mass is 287 g/mol. The molecule has 2 N–H and O–H groups in total. The van der Waals surface area contributed by atoms with Crippen molar-refractivity contribution in [3.63, 3.8) is 0 Å². The van der Waals surface area contributed by atoms with Crippen molar-refractivity contribution in [1.29, 1.82) is 0 Å². The zero-order chi connectivity index (χ0) is 12.4. The van der Waals surface area contributed by atoms with Crippen LogP contribution in [0.1, 0.15) is 24.4 Å². The van der Waals surface area contributed by atoms with Crippen LogP contribution in [-0.4, -0.2) is 10.2 Å². The van der Waals surface area contributed by atoms with Crippen LogP contribution in [0.2, 0.25) is 10.0 Å². The summed E-state index contributed by atoms with van der Waals surface area (Å²) in [5, 5.41) is 10.9. The van der Waals surface area contributed by atoms with Crippen molar-refractivity contribution in [1.82, 2.24) is 10.2 Å². The Morgan fingerprint density at radius 1 is 1.29 bits per heavy atom. The third-order valence-corrected chi connectivity index (χ3v) is 4.21. The number of rotatable bonds is 3. The van der Waals surface area contributed by atoms with E-state index in [1.54, 1.807) is 12.1 Å². The van der Waals surface area contributed by atoms with E-state index in [0.717, 1.165) is 22.0 Å². The Kier molecular flexibility index (Phi) is 3.99. The Morgan fingerprint density at radius 3 is 2.71 bits per heavy atom. The lowest BCUT2D eigenvalue weighted by Crippen LogP contribution is -2.07. The molecule has 0 radical (unpaired) electrons. The van der Waals surface area contributed by atoms with Crippen molar-refractivity contribution < 1.29 is 0 Å². The summed E-state index contributed by atoms with van der Waals surface area (Å²) in [6.45, 7) is 2.02. The van der Waals surface area contributed by atoms with Crippen LogP contribution in [0.4, 0.5) is 0 Å². The van der Waals surface area contributed by atoms with Gasteiger partial charge in [-0.05, 0) is 18.6 Å². The van der Waals surface area contributed by atoms with E-state index in [9.17, 15) is 0 Å². The highest BCUT2D eigenvalue weighted by molar-refractivity contribution is 7.14. The first-order valence-corrected chi connectivity index (χ1v) is 6.73. The van der Waals surface area contributed by atoms with Crippen LogP contribution in [0.3, 0.4) is 0 Å². The first kappa shape index (κ1) is 12.8. The molecule has 2 rings (SSSR count). The SMILES string of the molecule is CCC(N)c1nnc(-c2ccc(Cl)c(Cl)c2)s1. The lowest BCUT2D eigenvalue weighted by Gasteiger charge is -2.01. The van der Waals surface area contributed by atoms with Crippen LogP contribution in [-0.2, 0) is 0 Å². The van der Waals surface area contributed by atoms with Gasteiger partial charge in [-0.2, -0.15) is 0 Å². The number of hydrogen-bond donors (Lipinski definition) is 1. The topological polar surface area (TPSA) is 51.8 Å². The van der Waals surface area contributed by atoms with Gasteiger partial charge < -0.3 is 5.73 Å². The normalized spacial score (nSPS) is 12.7. The smallest absolute Gasteiger partial charge is 0.147 e. The minimum atomic E-state index is -0.0518.